The SMILES string of the molecule is CN(CCCO)CC1(CNC2CC2)CCCCC1. The molecule has 106 valence electrons. The number of nitrogens with zero attached hydrogens (tertiary/aromatic N) is 1. The Bertz CT molecular complexity index is 235. The molecule has 0 heterocycles. The van der Waals surface area contributed by atoms with E-state index in [2.05, 4.69) is 17.3 Å². The molecule has 0 aromatic carbocycles. The number of hydrogen-bond donors (Lipinski definition) is 2. The number of hydrogen-bond acceptors (Lipinski definition) is 3. The van der Waals surface area contributed by atoms with E-state index < -0.39 is 0 Å². The highest BCUT2D eigenvalue weighted by molar-refractivity contribution is 4.91. The average Bonchev–Trinajstić information content (AvgIpc) is 3.19. The van der Waals surface area contributed by atoms with Crippen LogP contribution in [0, 0.1) is 5.41 Å². The summed E-state index contributed by atoms with van der Waals surface area (Å²) in [5, 5.41) is 12.7. The van der Waals surface area contributed by atoms with Crippen LogP contribution >= 0.6 is 0 Å². The first kappa shape index (κ1) is 14.3. The molecule has 2 rings (SSSR count). The fraction of sp³-hybridized carbons (Fsp3) is 1.00. The number of rotatable bonds is 8. The van der Waals surface area contributed by atoms with Crippen LogP contribution in [-0.2, 0) is 0 Å². The van der Waals surface area contributed by atoms with E-state index >= 15 is 0 Å². The zero-order valence-corrected chi connectivity index (χ0v) is 12.0. The second-order valence-corrected chi connectivity index (χ2v) is 6.53. The van der Waals surface area contributed by atoms with Gasteiger partial charge in [-0.25, -0.2) is 0 Å². The molecule has 0 saturated heterocycles. The van der Waals surface area contributed by atoms with Crippen molar-refractivity contribution < 1.29 is 5.11 Å². The summed E-state index contributed by atoms with van der Waals surface area (Å²) in [5.74, 6) is 0. The van der Waals surface area contributed by atoms with Crippen molar-refractivity contribution in [3.63, 3.8) is 0 Å². The van der Waals surface area contributed by atoms with E-state index in [0.29, 0.717) is 12.0 Å². The van der Waals surface area contributed by atoms with Crippen LogP contribution in [0.4, 0.5) is 0 Å². The van der Waals surface area contributed by atoms with E-state index in [1.54, 1.807) is 0 Å². The minimum Gasteiger partial charge on any atom is -0.396 e. The average molecular weight is 254 g/mol. The van der Waals surface area contributed by atoms with Crippen LogP contribution in [-0.4, -0.2) is 49.3 Å². The third-order valence-electron chi connectivity index (χ3n) is 4.56. The van der Waals surface area contributed by atoms with Crippen molar-refractivity contribution in [1.82, 2.24) is 10.2 Å². The van der Waals surface area contributed by atoms with Crippen molar-refractivity contribution in [3.8, 4) is 0 Å². The molecule has 2 fully saturated rings. The molecule has 0 bridgehead atoms. The molecule has 0 aromatic rings. The van der Waals surface area contributed by atoms with Crippen molar-refractivity contribution in [2.75, 3.05) is 33.3 Å². The molecule has 0 aliphatic heterocycles. The van der Waals surface area contributed by atoms with Crippen LogP contribution in [0.5, 0.6) is 0 Å². The standard InChI is InChI=1S/C15H30N2O/c1-17(10-5-11-18)13-15(8-3-2-4-9-15)12-16-14-6-7-14/h14,16,18H,2-13H2,1H3. The van der Waals surface area contributed by atoms with Gasteiger partial charge in [0.1, 0.15) is 0 Å². The van der Waals surface area contributed by atoms with Crippen molar-refractivity contribution in [1.29, 1.82) is 0 Å². The molecule has 0 spiro atoms. The van der Waals surface area contributed by atoms with E-state index in [4.69, 9.17) is 5.11 Å². The number of nitrogens with one attached hydrogen (secondary N) is 1. The molecule has 3 nitrogen and oxygen atoms in total. The minimum atomic E-state index is 0.317. The maximum Gasteiger partial charge on any atom is 0.0443 e. The fourth-order valence-electron chi connectivity index (χ4n) is 3.33. The molecule has 3 heteroatoms. The molecule has 2 N–H and O–H groups in total. The third-order valence-corrected chi connectivity index (χ3v) is 4.56. The van der Waals surface area contributed by atoms with Gasteiger partial charge in [0.15, 0.2) is 0 Å². The normalized spacial score (nSPS) is 23.5. The molecule has 0 atom stereocenters. The second kappa shape index (κ2) is 6.88. The summed E-state index contributed by atoms with van der Waals surface area (Å²) in [4.78, 5) is 2.43. The van der Waals surface area contributed by atoms with Gasteiger partial charge in [0.2, 0.25) is 0 Å². The summed E-state index contributed by atoms with van der Waals surface area (Å²) < 4.78 is 0. The van der Waals surface area contributed by atoms with E-state index in [-0.39, 0.29) is 0 Å². The summed E-state index contributed by atoms with van der Waals surface area (Å²) in [6.07, 6.45) is 10.7. The maximum absolute atomic E-state index is 8.93. The highest BCUT2D eigenvalue weighted by Crippen LogP contribution is 2.37. The Morgan fingerprint density at radius 2 is 1.94 bits per heavy atom. The van der Waals surface area contributed by atoms with Gasteiger partial charge in [-0.3, -0.25) is 0 Å². The smallest absolute Gasteiger partial charge is 0.0443 e. The molecule has 0 radical (unpaired) electrons. The zero-order chi connectivity index (χ0) is 12.8. The number of aliphatic hydroxyl groups excluding tert-OH is 1. The van der Waals surface area contributed by atoms with E-state index in [0.717, 1.165) is 19.0 Å². The molecular formula is C15H30N2O. The van der Waals surface area contributed by atoms with Crippen LogP contribution in [0.1, 0.15) is 51.4 Å². The predicted octanol–water partition coefficient (Wildman–Crippen LogP) is 2.00. The molecule has 2 aliphatic carbocycles. The first-order valence-corrected chi connectivity index (χ1v) is 7.77. The Hall–Kier alpha value is -0.120. The van der Waals surface area contributed by atoms with Crippen molar-refractivity contribution in [2.24, 2.45) is 5.41 Å². The van der Waals surface area contributed by atoms with Crippen LogP contribution in [0.2, 0.25) is 0 Å². The van der Waals surface area contributed by atoms with Crippen molar-refractivity contribution in [2.45, 2.75) is 57.4 Å². The topological polar surface area (TPSA) is 35.5 Å². The van der Waals surface area contributed by atoms with E-state index in [1.165, 1.54) is 58.0 Å². The molecule has 0 amide bonds. The summed E-state index contributed by atoms with van der Waals surface area (Å²) in [7, 11) is 2.21. The maximum atomic E-state index is 8.93. The van der Waals surface area contributed by atoms with Gasteiger partial charge in [-0.05, 0) is 44.6 Å². The Labute approximate surface area is 112 Å². The fourth-order valence-corrected chi connectivity index (χ4v) is 3.33. The van der Waals surface area contributed by atoms with Crippen LogP contribution < -0.4 is 5.32 Å². The van der Waals surface area contributed by atoms with Gasteiger partial charge in [-0.15, -0.1) is 0 Å². The summed E-state index contributed by atoms with van der Waals surface area (Å²) in [5.41, 5.74) is 0.505. The van der Waals surface area contributed by atoms with Gasteiger partial charge >= 0.3 is 0 Å². The van der Waals surface area contributed by atoms with Crippen molar-refractivity contribution in [3.05, 3.63) is 0 Å². The lowest BCUT2D eigenvalue weighted by Crippen LogP contribution is -2.45. The predicted molar refractivity (Wildman–Crippen MR) is 75.7 cm³/mol. The van der Waals surface area contributed by atoms with Gasteiger partial charge in [0.25, 0.3) is 0 Å². The van der Waals surface area contributed by atoms with Crippen LogP contribution in [0.25, 0.3) is 0 Å². The minimum absolute atomic E-state index is 0.317. The molecule has 0 aromatic heterocycles. The summed E-state index contributed by atoms with van der Waals surface area (Å²) in [6, 6.07) is 0.826. The van der Waals surface area contributed by atoms with Gasteiger partial charge < -0.3 is 15.3 Å². The molecule has 2 aliphatic rings. The zero-order valence-electron chi connectivity index (χ0n) is 12.0. The van der Waals surface area contributed by atoms with Crippen LogP contribution in [0.15, 0.2) is 0 Å². The molecule has 18 heavy (non-hydrogen) atoms. The summed E-state index contributed by atoms with van der Waals surface area (Å²) in [6.45, 7) is 3.76. The first-order valence-electron chi connectivity index (χ1n) is 7.77. The summed E-state index contributed by atoms with van der Waals surface area (Å²) >= 11 is 0. The monoisotopic (exact) mass is 254 g/mol. The van der Waals surface area contributed by atoms with Gasteiger partial charge in [0, 0.05) is 32.3 Å². The van der Waals surface area contributed by atoms with E-state index in [9.17, 15) is 0 Å². The molecule has 0 unspecified atom stereocenters. The first-order chi connectivity index (χ1) is 8.74. The third kappa shape index (κ3) is 4.52. The lowest BCUT2D eigenvalue weighted by Gasteiger charge is -2.40. The van der Waals surface area contributed by atoms with Gasteiger partial charge in [-0.1, -0.05) is 19.3 Å². The second-order valence-electron chi connectivity index (χ2n) is 6.53. The lowest BCUT2D eigenvalue weighted by atomic mass is 9.73. The Kier molecular flexibility index (Phi) is 5.46. The van der Waals surface area contributed by atoms with Gasteiger partial charge in [0.05, 0.1) is 0 Å². The Balaban J connectivity index is 1.81. The van der Waals surface area contributed by atoms with Gasteiger partial charge in [-0.2, -0.15) is 0 Å². The van der Waals surface area contributed by atoms with E-state index in [1.807, 2.05) is 0 Å². The lowest BCUT2D eigenvalue weighted by molar-refractivity contribution is 0.112. The largest absolute Gasteiger partial charge is 0.396 e. The highest BCUT2D eigenvalue weighted by Gasteiger charge is 2.34. The van der Waals surface area contributed by atoms with Crippen molar-refractivity contribution >= 4 is 0 Å². The Morgan fingerprint density at radius 1 is 1.22 bits per heavy atom. The number of aliphatic hydroxyl groups is 1. The molecule has 2 saturated carbocycles. The Morgan fingerprint density at radius 3 is 2.56 bits per heavy atom. The van der Waals surface area contributed by atoms with Crippen LogP contribution in [0.3, 0.4) is 0 Å². The quantitative estimate of drug-likeness (QED) is 0.695. The molecular weight excluding hydrogens is 224 g/mol. The highest BCUT2D eigenvalue weighted by atomic mass is 16.3.